The smallest absolute Gasteiger partial charge is 0.239 e. The van der Waals surface area contributed by atoms with Crippen LogP contribution in [0.4, 0.5) is 10.1 Å². The number of amides is 1. The van der Waals surface area contributed by atoms with Crippen molar-refractivity contribution in [2.45, 2.75) is 19.9 Å². The Bertz CT molecular complexity index is 582. The van der Waals surface area contributed by atoms with E-state index < -0.39 is 0 Å². The lowest BCUT2D eigenvalue weighted by molar-refractivity contribution is -0.120. The van der Waals surface area contributed by atoms with Gasteiger partial charge in [-0.1, -0.05) is 0 Å². The molecule has 106 valence electrons. The van der Waals surface area contributed by atoms with Gasteiger partial charge in [0.2, 0.25) is 5.91 Å². The highest BCUT2D eigenvalue weighted by Crippen LogP contribution is 2.15. The zero-order valence-electron chi connectivity index (χ0n) is 11.4. The number of carbonyl (C=O) groups is 1. The molecule has 5 heteroatoms. The summed E-state index contributed by atoms with van der Waals surface area (Å²) < 4.78 is 18.2. The summed E-state index contributed by atoms with van der Waals surface area (Å²) in [6, 6.07) is 7.80. The standard InChI is InChI=1S/C15H17FN2O2/c1-10-8-12(16)5-6-13(10)17-9-15(19)18-11(2)14-4-3-7-20-14/h3-8,11,17H,9H2,1-2H3,(H,18,19). The van der Waals surface area contributed by atoms with Crippen LogP contribution in [0, 0.1) is 12.7 Å². The highest BCUT2D eigenvalue weighted by atomic mass is 19.1. The predicted molar refractivity (Wildman–Crippen MR) is 74.9 cm³/mol. The van der Waals surface area contributed by atoms with Gasteiger partial charge in [0.15, 0.2) is 0 Å². The van der Waals surface area contributed by atoms with Crippen LogP contribution in [0.1, 0.15) is 24.3 Å². The second-order valence-electron chi connectivity index (χ2n) is 4.62. The fourth-order valence-electron chi connectivity index (χ4n) is 1.90. The third kappa shape index (κ3) is 3.60. The summed E-state index contributed by atoms with van der Waals surface area (Å²) in [5, 5.41) is 5.80. The van der Waals surface area contributed by atoms with Crippen molar-refractivity contribution in [3.63, 3.8) is 0 Å². The molecule has 0 spiro atoms. The summed E-state index contributed by atoms with van der Waals surface area (Å²) in [5.41, 5.74) is 1.50. The molecule has 0 fully saturated rings. The Hall–Kier alpha value is -2.30. The molecule has 2 aromatic rings. The number of benzene rings is 1. The van der Waals surface area contributed by atoms with Gasteiger partial charge in [0.1, 0.15) is 11.6 Å². The van der Waals surface area contributed by atoms with Gasteiger partial charge >= 0.3 is 0 Å². The molecule has 1 unspecified atom stereocenters. The van der Waals surface area contributed by atoms with E-state index in [2.05, 4.69) is 10.6 Å². The van der Waals surface area contributed by atoms with Crippen LogP contribution in [0.15, 0.2) is 41.0 Å². The molecule has 2 N–H and O–H groups in total. The molecular formula is C15H17FN2O2. The van der Waals surface area contributed by atoms with Gasteiger partial charge in [0.25, 0.3) is 0 Å². The minimum Gasteiger partial charge on any atom is -0.467 e. The molecule has 4 nitrogen and oxygen atoms in total. The molecule has 1 heterocycles. The van der Waals surface area contributed by atoms with Gasteiger partial charge in [-0.2, -0.15) is 0 Å². The molecule has 1 amide bonds. The lowest BCUT2D eigenvalue weighted by Gasteiger charge is -2.13. The highest BCUT2D eigenvalue weighted by molar-refractivity contribution is 5.81. The average molecular weight is 276 g/mol. The van der Waals surface area contributed by atoms with E-state index in [1.165, 1.54) is 12.1 Å². The molecule has 1 atom stereocenters. The fourth-order valence-corrected chi connectivity index (χ4v) is 1.90. The normalized spacial score (nSPS) is 11.9. The van der Waals surface area contributed by atoms with Gasteiger partial charge in [0, 0.05) is 5.69 Å². The molecule has 20 heavy (non-hydrogen) atoms. The van der Waals surface area contributed by atoms with E-state index in [1.54, 1.807) is 25.3 Å². The monoisotopic (exact) mass is 276 g/mol. The average Bonchev–Trinajstić information content (AvgIpc) is 2.91. The number of furan rings is 1. The summed E-state index contributed by atoms with van der Waals surface area (Å²) in [6.45, 7) is 3.76. The maximum Gasteiger partial charge on any atom is 0.239 e. The van der Waals surface area contributed by atoms with Crippen molar-refractivity contribution in [2.75, 3.05) is 11.9 Å². The number of hydrogen-bond donors (Lipinski definition) is 2. The second kappa shape index (κ2) is 6.23. The molecule has 2 rings (SSSR count). The summed E-state index contributed by atoms with van der Waals surface area (Å²) in [4.78, 5) is 11.8. The first kappa shape index (κ1) is 14.1. The van der Waals surface area contributed by atoms with Crippen LogP contribution < -0.4 is 10.6 Å². The van der Waals surface area contributed by atoms with Crippen molar-refractivity contribution < 1.29 is 13.6 Å². The highest BCUT2D eigenvalue weighted by Gasteiger charge is 2.11. The summed E-state index contributed by atoms with van der Waals surface area (Å²) >= 11 is 0. The van der Waals surface area contributed by atoms with Crippen LogP contribution in [0.5, 0.6) is 0 Å². The topological polar surface area (TPSA) is 54.3 Å². The first-order chi connectivity index (χ1) is 9.56. The molecular weight excluding hydrogens is 259 g/mol. The van der Waals surface area contributed by atoms with Crippen molar-refractivity contribution in [3.8, 4) is 0 Å². The zero-order valence-corrected chi connectivity index (χ0v) is 11.4. The molecule has 0 aliphatic heterocycles. The van der Waals surface area contributed by atoms with Gasteiger partial charge in [0.05, 0.1) is 18.8 Å². The number of hydrogen-bond acceptors (Lipinski definition) is 3. The number of carbonyl (C=O) groups excluding carboxylic acids is 1. The minimum absolute atomic E-state index is 0.123. The first-order valence-electron chi connectivity index (χ1n) is 6.39. The number of halogens is 1. The molecule has 0 saturated heterocycles. The van der Waals surface area contributed by atoms with Crippen molar-refractivity contribution in [1.29, 1.82) is 0 Å². The van der Waals surface area contributed by atoms with Gasteiger partial charge in [-0.05, 0) is 49.7 Å². The van der Waals surface area contributed by atoms with Crippen LogP contribution in [-0.2, 0) is 4.79 Å². The Kier molecular flexibility index (Phi) is 4.40. The first-order valence-corrected chi connectivity index (χ1v) is 6.39. The fraction of sp³-hybridized carbons (Fsp3) is 0.267. The van der Waals surface area contributed by atoms with E-state index in [4.69, 9.17) is 4.42 Å². The summed E-state index contributed by atoms with van der Waals surface area (Å²) in [5.74, 6) is 0.262. The largest absolute Gasteiger partial charge is 0.467 e. The van der Waals surface area contributed by atoms with E-state index in [9.17, 15) is 9.18 Å². The van der Waals surface area contributed by atoms with Gasteiger partial charge in [-0.15, -0.1) is 0 Å². The van der Waals surface area contributed by atoms with Crippen LogP contribution >= 0.6 is 0 Å². The molecule has 1 aromatic heterocycles. The maximum absolute atomic E-state index is 13.0. The number of aryl methyl sites for hydroxylation is 1. The number of nitrogens with one attached hydrogen (secondary N) is 2. The quantitative estimate of drug-likeness (QED) is 0.882. The number of anilines is 1. The third-order valence-electron chi connectivity index (χ3n) is 2.98. The Labute approximate surface area is 117 Å². The third-order valence-corrected chi connectivity index (χ3v) is 2.98. The van der Waals surface area contributed by atoms with Crippen molar-refractivity contribution in [2.24, 2.45) is 0 Å². The number of rotatable bonds is 5. The van der Waals surface area contributed by atoms with Crippen molar-refractivity contribution in [3.05, 3.63) is 53.7 Å². The lowest BCUT2D eigenvalue weighted by Crippen LogP contribution is -2.32. The van der Waals surface area contributed by atoms with E-state index in [0.29, 0.717) is 5.76 Å². The Balaban J connectivity index is 1.86. The maximum atomic E-state index is 13.0. The Morgan fingerprint density at radius 2 is 2.20 bits per heavy atom. The SMILES string of the molecule is Cc1cc(F)ccc1NCC(=O)NC(C)c1ccco1. The summed E-state index contributed by atoms with van der Waals surface area (Å²) in [6.07, 6.45) is 1.57. The van der Waals surface area contributed by atoms with E-state index in [1.807, 2.05) is 13.0 Å². The second-order valence-corrected chi connectivity index (χ2v) is 4.62. The predicted octanol–water partition coefficient (Wildman–Crippen LogP) is 3.02. The molecule has 0 bridgehead atoms. The van der Waals surface area contributed by atoms with Crippen molar-refractivity contribution >= 4 is 11.6 Å². The van der Waals surface area contributed by atoms with Crippen LogP contribution in [0.2, 0.25) is 0 Å². The summed E-state index contributed by atoms with van der Waals surface area (Å²) in [7, 11) is 0. The molecule has 1 aromatic carbocycles. The van der Waals surface area contributed by atoms with Crippen LogP contribution in [-0.4, -0.2) is 12.5 Å². The van der Waals surface area contributed by atoms with Crippen molar-refractivity contribution in [1.82, 2.24) is 5.32 Å². The lowest BCUT2D eigenvalue weighted by atomic mass is 10.2. The van der Waals surface area contributed by atoms with E-state index in [0.717, 1.165) is 11.3 Å². The van der Waals surface area contributed by atoms with Gasteiger partial charge in [-0.3, -0.25) is 4.79 Å². The van der Waals surface area contributed by atoms with Gasteiger partial charge < -0.3 is 15.1 Å². The minimum atomic E-state index is -0.288. The molecule has 0 aliphatic carbocycles. The van der Waals surface area contributed by atoms with Crippen LogP contribution in [0.25, 0.3) is 0 Å². The Morgan fingerprint density at radius 1 is 1.40 bits per heavy atom. The van der Waals surface area contributed by atoms with Crippen LogP contribution in [0.3, 0.4) is 0 Å². The molecule has 0 aliphatic rings. The van der Waals surface area contributed by atoms with Gasteiger partial charge in [-0.25, -0.2) is 4.39 Å². The Morgan fingerprint density at radius 3 is 2.85 bits per heavy atom. The van der Waals surface area contributed by atoms with E-state index in [-0.39, 0.29) is 24.3 Å². The zero-order chi connectivity index (χ0) is 14.5. The molecule has 0 saturated carbocycles. The molecule has 0 radical (unpaired) electrons. The van der Waals surface area contributed by atoms with E-state index >= 15 is 0 Å².